The van der Waals surface area contributed by atoms with E-state index in [1.165, 1.54) is 62.5 Å². The fourth-order valence-electron chi connectivity index (χ4n) is 5.08. The zero-order valence-corrected chi connectivity index (χ0v) is 19.0. The molecule has 3 aromatic rings. The molecular formula is C30H35F. The lowest BCUT2D eigenvalue weighted by Gasteiger charge is -2.29. The summed E-state index contributed by atoms with van der Waals surface area (Å²) in [6.07, 6.45) is 10.9. The van der Waals surface area contributed by atoms with Crippen molar-refractivity contribution in [3.63, 3.8) is 0 Å². The maximum absolute atomic E-state index is 14.8. The van der Waals surface area contributed by atoms with Gasteiger partial charge in [-0.15, -0.1) is 0 Å². The highest BCUT2D eigenvalue weighted by atomic mass is 19.1. The second-order valence-electron chi connectivity index (χ2n) is 9.40. The van der Waals surface area contributed by atoms with Crippen LogP contribution in [0.2, 0.25) is 0 Å². The van der Waals surface area contributed by atoms with E-state index in [9.17, 15) is 4.39 Å². The van der Waals surface area contributed by atoms with Crippen LogP contribution < -0.4 is 0 Å². The Bertz CT molecular complexity index is 960. The van der Waals surface area contributed by atoms with E-state index in [0.29, 0.717) is 11.5 Å². The standard InChI is InChI=1S/C30H35F/c1-3-4-5-6-23-9-13-24(14-10-23)25-15-17-26(18-16-25)28-19-20-29(30(31)21-28)27-11-7-22(2)8-12-27/h7-8,11-12,15-21,23-24H,3-6,9-10,13-14H2,1-2H3. The SMILES string of the molecule is CCCCCC1CCC(c2ccc(-c3ccc(-c4ccc(C)cc4)c(F)c3)cc2)CC1. The summed E-state index contributed by atoms with van der Waals surface area (Å²) in [5.41, 5.74) is 6.26. The van der Waals surface area contributed by atoms with Crippen LogP contribution >= 0.6 is 0 Å². The van der Waals surface area contributed by atoms with Gasteiger partial charge in [-0.25, -0.2) is 4.39 Å². The van der Waals surface area contributed by atoms with Crippen LogP contribution in [-0.4, -0.2) is 0 Å². The summed E-state index contributed by atoms with van der Waals surface area (Å²) in [6, 6.07) is 22.5. The zero-order chi connectivity index (χ0) is 21.6. The molecule has 0 spiro atoms. The number of unbranched alkanes of at least 4 members (excludes halogenated alkanes) is 2. The largest absolute Gasteiger partial charge is 0.206 e. The average molecular weight is 415 g/mol. The van der Waals surface area contributed by atoms with Crippen LogP contribution in [-0.2, 0) is 0 Å². The molecule has 1 saturated carbocycles. The van der Waals surface area contributed by atoms with Gasteiger partial charge in [-0.05, 0) is 72.8 Å². The van der Waals surface area contributed by atoms with Gasteiger partial charge in [-0.1, -0.05) is 98.8 Å². The Morgan fingerprint density at radius 2 is 1.39 bits per heavy atom. The maximum atomic E-state index is 14.8. The molecular weight excluding hydrogens is 379 g/mol. The number of hydrogen-bond acceptors (Lipinski definition) is 0. The van der Waals surface area contributed by atoms with Gasteiger partial charge in [0.1, 0.15) is 5.82 Å². The van der Waals surface area contributed by atoms with Crippen LogP contribution in [0, 0.1) is 18.7 Å². The quantitative estimate of drug-likeness (QED) is 0.338. The molecule has 0 amide bonds. The highest BCUT2D eigenvalue weighted by Gasteiger charge is 2.22. The van der Waals surface area contributed by atoms with Gasteiger partial charge in [0.05, 0.1) is 0 Å². The predicted molar refractivity (Wildman–Crippen MR) is 131 cm³/mol. The van der Waals surface area contributed by atoms with E-state index in [2.05, 4.69) is 31.2 Å². The van der Waals surface area contributed by atoms with Gasteiger partial charge < -0.3 is 0 Å². The second kappa shape index (κ2) is 10.3. The molecule has 3 aromatic carbocycles. The van der Waals surface area contributed by atoms with E-state index in [-0.39, 0.29) is 5.82 Å². The number of aryl methyl sites for hydroxylation is 1. The normalized spacial score (nSPS) is 18.8. The van der Waals surface area contributed by atoms with Gasteiger partial charge in [-0.2, -0.15) is 0 Å². The fourth-order valence-corrected chi connectivity index (χ4v) is 5.08. The van der Waals surface area contributed by atoms with Crippen molar-refractivity contribution < 1.29 is 4.39 Å². The number of rotatable bonds is 7. The summed E-state index contributed by atoms with van der Waals surface area (Å²) < 4.78 is 14.8. The molecule has 4 rings (SSSR count). The van der Waals surface area contributed by atoms with Crippen molar-refractivity contribution in [2.45, 2.75) is 71.1 Å². The molecule has 1 fully saturated rings. The van der Waals surface area contributed by atoms with Gasteiger partial charge in [-0.3, -0.25) is 0 Å². The minimum absolute atomic E-state index is 0.160. The van der Waals surface area contributed by atoms with Crippen molar-refractivity contribution in [1.82, 2.24) is 0 Å². The monoisotopic (exact) mass is 414 g/mol. The zero-order valence-electron chi connectivity index (χ0n) is 19.0. The van der Waals surface area contributed by atoms with E-state index in [1.807, 2.05) is 43.3 Å². The first-order chi connectivity index (χ1) is 15.1. The number of benzene rings is 3. The van der Waals surface area contributed by atoms with Crippen molar-refractivity contribution >= 4 is 0 Å². The van der Waals surface area contributed by atoms with E-state index in [4.69, 9.17) is 0 Å². The van der Waals surface area contributed by atoms with Crippen LogP contribution in [0.5, 0.6) is 0 Å². The molecule has 0 aliphatic heterocycles. The first-order valence-electron chi connectivity index (χ1n) is 12.1. The second-order valence-corrected chi connectivity index (χ2v) is 9.40. The van der Waals surface area contributed by atoms with Crippen molar-refractivity contribution in [3.05, 3.63) is 83.7 Å². The summed E-state index contributed by atoms with van der Waals surface area (Å²) in [7, 11) is 0. The highest BCUT2D eigenvalue weighted by Crippen LogP contribution is 2.38. The van der Waals surface area contributed by atoms with Gasteiger partial charge >= 0.3 is 0 Å². The first-order valence-corrected chi connectivity index (χ1v) is 12.1. The molecule has 1 heteroatoms. The summed E-state index contributed by atoms with van der Waals surface area (Å²) in [5.74, 6) is 1.47. The third-order valence-electron chi connectivity index (χ3n) is 7.11. The van der Waals surface area contributed by atoms with Gasteiger partial charge in [0, 0.05) is 5.56 Å². The van der Waals surface area contributed by atoms with Crippen LogP contribution in [0.4, 0.5) is 4.39 Å². The minimum Gasteiger partial charge on any atom is -0.206 e. The maximum Gasteiger partial charge on any atom is 0.131 e. The molecule has 0 bridgehead atoms. The van der Waals surface area contributed by atoms with Crippen LogP contribution in [0.1, 0.15) is 75.3 Å². The van der Waals surface area contributed by atoms with E-state index < -0.39 is 0 Å². The van der Waals surface area contributed by atoms with E-state index >= 15 is 0 Å². The molecule has 31 heavy (non-hydrogen) atoms. The molecule has 0 atom stereocenters. The third kappa shape index (κ3) is 5.45. The van der Waals surface area contributed by atoms with Gasteiger partial charge in [0.2, 0.25) is 0 Å². The molecule has 0 radical (unpaired) electrons. The lowest BCUT2D eigenvalue weighted by Crippen LogP contribution is -2.13. The summed E-state index contributed by atoms with van der Waals surface area (Å²) in [4.78, 5) is 0. The summed E-state index contributed by atoms with van der Waals surface area (Å²) in [5, 5.41) is 0. The Kier molecular flexibility index (Phi) is 7.22. The Morgan fingerprint density at radius 3 is 2.03 bits per heavy atom. The first kappa shape index (κ1) is 21.8. The highest BCUT2D eigenvalue weighted by molar-refractivity contribution is 5.71. The van der Waals surface area contributed by atoms with Crippen molar-refractivity contribution in [3.8, 4) is 22.3 Å². The average Bonchev–Trinajstić information content (AvgIpc) is 2.81. The van der Waals surface area contributed by atoms with Gasteiger partial charge in [0.25, 0.3) is 0 Å². The topological polar surface area (TPSA) is 0 Å². The molecule has 0 unspecified atom stereocenters. The number of halogens is 1. The molecule has 0 saturated heterocycles. The van der Waals surface area contributed by atoms with E-state index in [1.54, 1.807) is 6.07 Å². The summed E-state index contributed by atoms with van der Waals surface area (Å²) in [6.45, 7) is 4.33. The van der Waals surface area contributed by atoms with Crippen LogP contribution in [0.3, 0.4) is 0 Å². The molecule has 0 aromatic heterocycles. The summed E-state index contributed by atoms with van der Waals surface area (Å²) >= 11 is 0. The predicted octanol–water partition coefficient (Wildman–Crippen LogP) is 9.32. The van der Waals surface area contributed by atoms with Crippen LogP contribution in [0.15, 0.2) is 66.7 Å². The molecule has 1 aliphatic carbocycles. The van der Waals surface area contributed by atoms with E-state index in [0.717, 1.165) is 22.6 Å². The molecule has 0 heterocycles. The fraction of sp³-hybridized carbons (Fsp3) is 0.400. The van der Waals surface area contributed by atoms with Gasteiger partial charge in [0.15, 0.2) is 0 Å². The minimum atomic E-state index is -0.160. The third-order valence-corrected chi connectivity index (χ3v) is 7.11. The molecule has 0 nitrogen and oxygen atoms in total. The Balaban J connectivity index is 1.40. The smallest absolute Gasteiger partial charge is 0.131 e. The van der Waals surface area contributed by atoms with Crippen molar-refractivity contribution in [1.29, 1.82) is 0 Å². The lowest BCUT2D eigenvalue weighted by molar-refractivity contribution is 0.303. The Hall–Kier alpha value is -2.41. The Morgan fingerprint density at radius 1 is 0.742 bits per heavy atom. The van der Waals surface area contributed by atoms with Crippen LogP contribution in [0.25, 0.3) is 22.3 Å². The molecule has 0 N–H and O–H groups in total. The Labute approximate surface area is 187 Å². The number of hydrogen-bond donors (Lipinski definition) is 0. The lowest BCUT2D eigenvalue weighted by atomic mass is 9.77. The van der Waals surface area contributed by atoms with Crippen molar-refractivity contribution in [2.75, 3.05) is 0 Å². The molecule has 162 valence electrons. The van der Waals surface area contributed by atoms with Crippen molar-refractivity contribution in [2.24, 2.45) is 5.92 Å². The molecule has 1 aliphatic rings.